The Morgan fingerprint density at radius 1 is 1.41 bits per heavy atom. The number of anilines is 1. The monoisotopic (exact) mass is 302 g/mol. The number of amides is 2. The van der Waals surface area contributed by atoms with Gasteiger partial charge in [-0.2, -0.15) is 0 Å². The highest BCUT2D eigenvalue weighted by Gasteiger charge is 2.24. The summed E-state index contributed by atoms with van der Waals surface area (Å²) in [4.78, 5) is 27.7. The molecule has 1 unspecified atom stereocenters. The molecule has 0 N–H and O–H groups in total. The van der Waals surface area contributed by atoms with E-state index in [2.05, 4.69) is 6.92 Å². The topological polar surface area (TPSA) is 49.9 Å². The van der Waals surface area contributed by atoms with Gasteiger partial charge in [-0.1, -0.05) is 13.0 Å². The highest BCUT2D eigenvalue weighted by Crippen LogP contribution is 2.32. The molecule has 1 saturated heterocycles. The number of carbonyl (C=O) groups excluding carboxylic acids is 2. The van der Waals surface area contributed by atoms with Gasteiger partial charge in [-0.3, -0.25) is 9.59 Å². The van der Waals surface area contributed by atoms with Crippen molar-refractivity contribution in [1.82, 2.24) is 4.90 Å². The van der Waals surface area contributed by atoms with E-state index >= 15 is 0 Å². The summed E-state index contributed by atoms with van der Waals surface area (Å²) in [6.07, 6.45) is 2.66. The molecule has 0 bridgehead atoms. The van der Waals surface area contributed by atoms with Gasteiger partial charge in [-0.25, -0.2) is 0 Å². The summed E-state index contributed by atoms with van der Waals surface area (Å²) >= 11 is 0. The second-order valence-corrected chi connectivity index (χ2v) is 6.31. The zero-order valence-electron chi connectivity index (χ0n) is 13.2. The largest absolute Gasteiger partial charge is 0.482 e. The van der Waals surface area contributed by atoms with Gasteiger partial charge in [0.15, 0.2) is 6.61 Å². The minimum absolute atomic E-state index is 0.0687. The van der Waals surface area contributed by atoms with Crippen molar-refractivity contribution in [3.05, 3.63) is 23.8 Å². The smallest absolute Gasteiger partial charge is 0.264 e. The summed E-state index contributed by atoms with van der Waals surface area (Å²) in [5.41, 5.74) is 1.67. The van der Waals surface area contributed by atoms with E-state index in [0.717, 1.165) is 30.8 Å². The molecule has 0 saturated carbocycles. The number of piperidine rings is 1. The summed E-state index contributed by atoms with van der Waals surface area (Å²) in [6.45, 7) is 3.98. The van der Waals surface area contributed by atoms with Crippen LogP contribution < -0.4 is 9.64 Å². The van der Waals surface area contributed by atoms with Crippen LogP contribution in [-0.2, 0) is 16.0 Å². The van der Waals surface area contributed by atoms with Crippen molar-refractivity contribution in [1.29, 1.82) is 0 Å². The lowest BCUT2D eigenvalue weighted by atomic mass is 9.99. The first-order valence-electron chi connectivity index (χ1n) is 7.84. The lowest BCUT2D eigenvalue weighted by molar-refractivity contribution is -0.132. The number of hydrogen-bond donors (Lipinski definition) is 0. The Morgan fingerprint density at radius 2 is 2.23 bits per heavy atom. The number of fused-ring (bicyclic) bond motifs is 1. The van der Waals surface area contributed by atoms with Gasteiger partial charge >= 0.3 is 0 Å². The molecule has 2 heterocycles. The normalized spacial score (nSPS) is 21.4. The third-order valence-corrected chi connectivity index (χ3v) is 4.48. The maximum atomic E-state index is 12.4. The SMILES string of the molecule is CC1CCCN(C(=O)Cc2ccc3c(c2)N(C)C(=O)CO3)C1. The summed E-state index contributed by atoms with van der Waals surface area (Å²) in [7, 11) is 1.74. The van der Waals surface area contributed by atoms with Crippen molar-refractivity contribution >= 4 is 17.5 Å². The summed E-state index contributed by atoms with van der Waals surface area (Å²) in [5.74, 6) is 1.38. The minimum Gasteiger partial charge on any atom is -0.482 e. The van der Waals surface area contributed by atoms with Crippen molar-refractivity contribution in [2.45, 2.75) is 26.2 Å². The van der Waals surface area contributed by atoms with Crippen LogP contribution in [0.1, 0.15) is 25.3 Å². The number of ether oxygens (including phenoxy) is 1. The third kappa shape index (κ3) is 2.93. The molecule has 5 heteroatoms. The van der Waals surface area contributed by atoms with Gasteiger partial charge < -0.3 is 14.5 Å². The van der Waals surface area contributed by atoms with Gasteiger partial charge in [0.05, 0.1) is 12.1 Å². The number of nitrogens with zero attached hydrogens (tertiary/aromatic N) is 2. The molecule has 3 rings (SSSR count). The number of hydrogen-bond acceptors (Lipinski definition) is 3. The Kier molecular flexibility index (Phi) is 4.05. The van der Waals surface area contributed by atoms with Crippen LogP contribution in [-0.4, -0.2) is 43.5 Å². The zero-order valence-corrected chi connectivity index (χ0v) is 13.2. The molecular weight excluding hydrogens is 280 g/mol. The predicted molar refractivity (Wildman–Crippen MR) is 84.0 cm³/mol. The maximum absolute atomic E-state index is 12.4. The van der Waals surface area contributed by atoms with Crippen LogP contribution in [0.25, 0.3) is 0 Å². The minimum atomic E-state index is -0.0687. The molecule has 0 aromatic heterocycles. The van der Waals surface area contributed by atoms with Crippen molar-refractivity contribution in [3.8, 4) is 5.75 Å². The quantitative estimate of drug-likeness (QED) is 0.837. The summed E-state index contributed by atoms with van der Waals surface area (Å²) < 4.78 is 5.41. The molecule has 1 atom stereocenters. The summed E-state index contributed by atoms with van der Waals surface area (Å²) in [6, 6.07) is 5.64. The average molecular weight is 302 g/mol. The fourth-order valence-electron chi connectivity index (χ4n) is 3.13. The van der Waals surface area contributed by atoms with Crippen LogP contribution in [0.2, 0.25) is 0 Å². The highest BCUT2D eigenvalue weighted by molar-refractivity contribution is 5.97. The molecule has 2 aliphatic heterocycles. The molecule has 0 aliphatic carbocycles. The Hall–Kier alpha value is -2.04. The van der Waals surface area contributed by atoms with Crippen LogP contribution in [0.3, 0.4) is 0 Å². The fraction of sp³-hybridized carbons (Fsp3) is 0.529. The lowest BCUT2D eigenvalue weighted by Crippen LogP contribution is -2.40. The standard InChI is InChI=1S/C17H22N2O3/c1-12-4-3-7-19(10-12)16(20)9-13-5-6-15-14(8-13)18(2)17(21)11-22-15/h5-6,8,12H,3-4,7,9-11H2,1-2H3. The molecule has 0 spiro atoms. The van der Waals surface area contributed by atoms with Gasteiger partial charge in [0.2, 0.25) is 5.91 Å². The molecule has 118 valence electrons. The molecule has 1 fully saturated rings. The van der Waals surface area contributed by atoms with Crippen LogP contribution >= 0.6 is 0 Å². The third-order valence-electron chi connectivity index (χ3n) is 4.48. The van der Waals surface area contributed by atoms with E-state index < -0.39 is 0 Å². The molecule has 1 aromatic rings. The Bertz CT molecular complexity index is 600. The van der Waals surface area contributed by atoms with Crippen LogP contribution in [0.15, 0.2) is 18.2 Å². The molecular formula is C17H22N2O3. The lowest BCUT2D eigenvalue weighted by Gasteiger charge is -2.31. The molecule has 22 heavy (non-hydrogen) atoms. The molecule has 2 amide bonds. The van der Waals surface area contributed by atoms with E-state index in [0.29, 0.717) is 18.1 Å². The number of likely N-dealkylation sites (tertiary alicyclic amines) is 1. The van der Waals surface area contributed by atoms with Gasteiger partial charge in [0.25, 0.3) is 5.91 Å². The van der Waals surface area contributed by atoms with E-state index in [9.17, 15) is 9.59 Å². The van der Waals surface area contributed by atoms with Crippen molar-refractivity contribution in [2.75, 3.05) is 31.6 Å². The van der Waals surface area contributed by atoms with Crippen molar-refractivity contribution in [3.63, 3.8) is 0 Å². The van der Waals surface area contributed by atoms with Crippen LogP contribution in [0.5, 0.6) is 5.75 Å². The molecule has 0 radical (unpaired) electrons. The highest BCUT2D eigenvalue weighted by atomic mass is 16.5. The molecule has 2 aliphatic rings. The zero-order chi connectivity index (χ0) is 15.7. The maximum Gasteiger partial charge on any atom is 0.264 e. The Morgan fingerprint density at radius 3 is 3.00 bits per heavy atom. The van der Waals surface area contributed by atoms with E-state index in [4.69, 9.17) is 4.74 Å². The number of rotatable bonds is 2. The second kappa shape index (κ2) is 5.99. The number of likely N-dealkylation sites (N-methyl/N-ethyl adjacent to an activating group) is 1. The van der Waals surface area contributed by atoms with Crippen LogP contribution in [0.4, 0.5) is 5.69 Å². The Balaban J connectivity index is 1.73. The average Bonchev–Trinajstić information content (AvgIpc) is 2.51. The van der Waals surface area contributed by atoms with Crippen molar-refractivity contribution in [2.24, 2.45) is 5.92 Å². The van der Waals surface area contributed by atoms with E-state index in [-0.39, 0.29) is 18.4 Å². The Labute approximate surface area is 130 Å². The van der Waals surface area contributed by atoms with Gasteiger partial charge in [-0.05, 0) is 36.5 Å². The summed E-state index contributed by atoms with van der Waals surface area (Å²) in [5, 5.41) is 0. The van der Waals surface area contributed by atoms with Crippen molar-refractivity contribution < 1.29 is 14.3 Å². The van der Waals surface area contributed by atoms with Gasteiger partial charge in [0.1, 0.15) is 5.75 Å². The van der Waals surface area contributed by atoms with E-state index in [1.807, 2.05) is 23.1 Å². The van der Waals surface area contributed by atoms with E-state index in [1.54, 1.807) is 11.9 Å². The van der Waals surface area contributed by atoms with Gasteiger partial charge in [-0.15, -0.1) is 0 Å². The molecule has 1 aromatic carbocycles. The van der Waals surface area contributed by atoms with Gasteiger partial charge in [0, 0.05) is 20.1 Å². The number of benzene rings is 1. The number of carbonyl (C=O) groups is 2. The predicted octanol–water partition coefficient (Wildman–Crippen LogP) is 1.84. The fourth-order valence-corrected chi connectivity index (χ4v) is 3.13. The second-order valence-electron chi connectivity index (χ2n) is 6.31. The van der Waals surface area contributed by atoms with E-state index in [1.165, 1.54) is 6.42 Å². The van der Waals surface area contributed by atoms with Crippen LogP contribution in [0, 0.1) is 5.92 Å². The first-order valence-corrected chi connectivity index (χ1v) is 7.84. The molecule has 5 nitrogen and oxygen atoms in total. The first kappa shape index (κ1) is 14.9. The first-order chi connectivity index (χ1) is 10.5.